The number of benzene rings is 1. The predicted octanol–water partition coefficient (Wildman–Crippen LogP) is 1.16. The predicted molar refractivity (Wildman–Crippen MR) is 64.0 cm³/mol. The van der Waals surface area contributed by atoms with Crippen molar-refractivity contribution >= 4 is 11.9 Å². The Morgan fingerprint density at radius 1 is 1.28 bits per heavy atom. The second kappa shape index (κ2) is 6.76. The summed E-state index contributed by atoms with van der Waals surface area (Å²) in [5.41, 5.74) is 0.361. The Balaban J connectivity index is 2.57. The highest BCUT2D eigenvalue weighted by molar-refractivity contribution is 5.89. The van der Waals surface area contributed by atoms with Crippen molar-refractivity contribution in [2.75, 3.05) is 6.61 Å². The molecular formula is C13H16O5. The van der Waals surface area contributed by atoms with Gasteiger partial charge in [-0.05, 0) is 26.0 Å². The zero-order valence-electron chi connectivity index (χ0n) is 10.3. The average molecular weight is 252 g/mol. The highest BCUT2D eigenvalue weighted by atomic mass is 16.6. The monoisotopic (exact) mass is 252 g/mol. The molecule has 0 heterocycles. The number of carbonyl (C=O) groups excluding carboxylic acids is 2. The third-order valence-electron chi connectivity index (χ3n) is 2.28. The second-order valence-electron chi connectivity index (χ2n) is 3.67. The fourth-order valence-corrected chi connectivity index (χ4v) is 1.29. The number of carbonyl (C=O) groups is 2. The lowest BCUT2D eigenvalue weighted by Crippen LogP contribution is -2.36. The van der Waals surface area contributed by atoms with Gasteiger partial charge in [-0.3, -0.25) is 0 Å². The highest BCUT2D eigenvalue weighted by Gasteiger charge is 2.27. The maximum absolute atomic E-state index is 11.7. The summed E-state index contributed by atoms with van der Waals surface area (Å²) in [4.78, 5) is 22.9. The maximum Gasteiger partial charge on any atom is 0.338 e. The van der Waals surface area contributed by atoms with Gasteiger partial charge in [-0.25, -0.2) is 9.59 Å². The SMILES string of the molecule is CCOC(=O)C(O)C(C)OC(=O)c1ccccc1. The molecule has 0 aliphatic carbocycles. The minimum absolute atomic E-state index is 0.162. The van der Waals surface area contributed by atoms with Crippen LogP contribution in [0.1, 0.15) is 24.2 Å². The third-order valence-corrected chi connectivity index (χ3v) is 2.28. The zero-order valence-corrected chi connectivity index (χ0v) is 10.3. The molecule has 0 spiro atoms. The lowest BCUT2D eigenvalue weighted by Gasteiger charge is -2.17. The van der Waals surface area contributed by atoms with Gasteiger partial charge < -0.3 is 14.6 Å². The van der Waals surface area contributed by atoms with Gasteiger partial charge in [-0.15, -0.1) is 0 Å². The number of esters is 2. The molecule has 1 aromatic carbocycles. The van der Waals surface area contributed by atoms with Crippen LogP contribution in [0, 0.1) is 0 Å². The summed E-state index contributed by atoms with van der Waals surface area (Å²) in [6.07, 6.45) is -2.44. The third kappa shape index (κ3) is 3.85. The van der Waals surface area contributed by atoms with Gasteiger partial charge >= 0.3 is 11.9 Å². The lowest BCUT2D eigenvalue weighted by molar-refractivity contribution is -0.158. The minimum atomic E-state index is -1.47. The van der Waals surface area contributed by atoms with Crippen molar-refractivity contribution in [1.82, 2.24) is 0 Å². The Hall–Kier alpha value is -1.88. The molecule has 98 valence electrons. The summed E-state index contributed by atoms with van der Waals surface area (Å²) in [5.74, 6) is -1.39. The van der Waals surface area contributed by atoms with Crippen LogP contribution in [0.15, 0.2) is 30.3 Å². The van der Waals surface area contributed by atoms with E-state index in [9.17, 15) is 14.7 Å². The van der Waals surface area contributed by atoms with Crippen LogP contribution in [0.3, 0.4) is 0 Å². The van der Waals surface area contributed by atoms with E-state index >= 15 is 0 Å². The largest absolute Gasteiger partial charge is 0.464 e. The Morgan fingerprint density at radius 3 is 2.44 bits per heavy atom. The summed E-state index contributed by atoms with van der Waals surface area (Å²) in [5, 5.41) is 9.56. The van der Waals surface area contributed by atoms with Crippen molar-refractivity contribution in [2.24, 2.45) is 0 Å². The van der Waals surface area contributed by atoms with Crippen LogP contribution in [0.2, 0.25) is 0 Å². The molecule has 1 aromatic rings. The molecule has 5 heteroatoms. The molecule has 5 nitrogen and oxygen atoms in total. The summed E-state index contributed by atoms with van der Waals surface area (Å²) < 4.78 is 9.61. The van der Waals surface area contributed by atoms with Crippen LogP contribution in [0.5, 0.6) is 0 Å². The van der Waals surface area contributed by atoms with Gasteiger partial charge in [-0.2, -0.15) is 0 Å². The quantitative estimate of drug-likeness (QED) is 0.796. The van der Waals surface area contributed by atoms with Crippen molar-refractivity contribution in [3.05, 3.63) is 35.9 Å². The molecular weight excluding hydrogens is 236 g/mol. The molecule has 0 aliphatic rings. The first kappa shape index (κ1) is 14.2. The van der Waals surface area contributed by atoms with Gasteiger partial charge in [0.15, 0.2) is 6.10 Å². The van der Waals surface area contributed by atoms with Crippen LogP contribution in [-0.4, -0.2) is 35.9 Å². The van der Waals surface area contributed by atoms with E-state index in [-0.39, 0.29) is 6.61 Å². The van der Waals surface area contributed by atoms with E-state index < -0.39 is 24.1 Å². The Kier molecular flexibility index (Phi) is 5.32. The van der Waals surface area contributed by atoms with E-state index in [1.54, 1.807) is 37.3 Å². The first-order valence-corrected chi connectivity index (χ1v) is 5.67. The molecule has 0 radical (unpaired) electrons. The highest BCUT2D eigenvalue weighted by Crippen LogP contribution is 2.07. The summed E-state index contributed by atoms with van der Waals surface area (Å²) in [7, 11) is 0. The van der Waals surface area contributed by atoms with Crippen molar-refractivity contribution in [3.63, 3.8) is 0 Å². The van der Waals surface area contributed by atoms with E-state index in [2.05, 4.69) is 4.74 Å². The fraction of sp³-hybridized carbons (Fsp3) is 0.385. The Bertz CT molecular complexity index is 401. The molecule has 0 saturated heterocycles. The van der Waals surface area contributed by atoms with Crippen LogP contribution in [-0.2, 0) is 14.3 Å². The first-order chi connectivity index (χ1) is 8.56. The second-order valence-corrected chi connectivity index (χ2v) is 3.67. The molecule has 0 bridgehead atoms. The first-order valence-electron chi connectivity index (χ1n) is 5.67. The molecule has 0 saturated carbocycles. The van der Waals surface area contributed by atoms with Crippen molar-refractivity contribution in [1.29, 1.82) is 0 Å². The van der Waals surface area contributed by atoms with E-state index in [1.807, 2.05) is 0 Å². The van der Waals surface area contributed by atoms with Crippen LogP contribution >= 0.6 is 0 Å². The van der Waals surface area contributed by atoms with Gasteiger partial charge in [0.1, 0.15) is 6.10 Å². The zero-order chi connectivity index (χ0) is 13.5. The number of hydrogen-bond acceptors (Lipinski definition) is 5. The van der Waals surface area contributed by atoms with Crippen LogP contribution in [0.25, 0.3) is 0 Å². The van der Waals surface area contributed by atoms with Gasteiger partial charge in [0.05, 0.1) is 12.2 Å². The number of ether oxygens (including phenoxy) is 2. The van der Waals surface area contributed by atoms with E-state index in [4.69, 9.17) is 4.74 Å². The lowest BCUT2D eigenvalue weighted by atomic mass is 10.2. The smallest absolute Gasteiger partial charge is 0.338 e. The molecule has 0 aliphatic heterocycles. The van der Waals surface area contributed by atoms with Gasteiger partial charge in [0.2, 0.25) is 0 Å². The van der Waals surface area contributed by atoms with Crippen LogP contribution in [0.4, 0.5) is 0 Å². The van der Waals surface area contributed by atoms with Gasteiger partial charge in [0.25, 0.3) is 0 Å². The Labute approximate surface area is 105 Å². The number of hydrogen-bond donors (Lipinski definition) is 1. The molecule has 1 rings (SSSR count). The van der Waals surface area contributed by atoms with Gasteiger partial charge in [0, 0.05) is 0 Å². The normalized spacial score (nSPS) is 13.5. The fourth-order valence-electron chi connectivity index (χ4n) is 1.29. The molecule has 0 aromatic heterocycles. The number of aliphatic hydroxyl groups excluding tert-OH is 1. The molecule has 2 atom stereocenters. The van der Waals surface area contributed by atoms with E-state index in [1.165, 1.54) is 6.92 Å². The average Bonchev–Trinajstić information content (AvgIpc) is 2.39. The molecule has 2 unspecified atom stereocenters. The topological polar surface area (TPSA) is 72.8 Å². The maximum atomic E-state index is 11.7. The summed E-state index contributed by atoms with van der Waals surface area (Å²) >= 11 is 0. The summed E-state index contributed by atoms with van der Waals surface area (Å²) in [6, 6.07) is 8.34. The Morgan fingerprint density at radius 2 is 1.89 bits per heavy atom. The number of rotatable bonds is 5. The molecule has 1 N–H and O–H groups in total. The van der Waals surface area contributed by atoms with Crippen molar-refractivity contribution < 1.29 is 24.2 Å². The molecule has 0 amide bonds. The van der Waals surface area contributed by atoms with Gasteiger partial charge in [-0.1, -0.05) is 18.2 Å². The van der Waals surface area contributed by atoms with Crippen molar-refractivity contribution in [3.8, 4) is 0 Å². The van der Waals surface area contributed by atoms with Crippen molar-refractivity contribution in [2.45, 2.75) is 26.1 Å². The molecule has 18 heavy (non-hydrogen) atoms. The minimum Gasteiger partial charge on any atom is -0.464 e. The van der Waals surface area contributed by atoms with E-state index in [0.717, 1.165) is 0 Å². The van der Waals surface area contributed by atoms with E-state index in [0.29, 0.717) is 5.56 Å². The molecule has 0 fully saturated rings. The van der Waals surface area contributed by atoms with Crippen LogP contribution < -0.4 is 0 Å². The standard InChI is InChI=1S/C13H16O5/c1-3-17-13(16)11(14)9(2)18-12(15)10-7-5-4-6-8-10/h4-9,11,14H,3H2,1-2H3. The summed E-state index contributed by atoms with van der Waals surface area (Å²) in [6.45, 7) is 3.23. The number of aliphatic hydroxyl groups is 1.